The maximum Gasteiger partial charge on any atom is 0.323 e. The first-order valence-electron chi connectivity index (χ1n) is 6.84. The molecule has 1 aromatic rings. The van der Waals surface area contributed by atoms with Crippen LogP contribution in [-0.4, -0.2) is 48.2 Å². The van der Waals surface area contributed by atoms with Crippen molar-refractivity contribution in [3.63, 3.8) is 0 Å². The van der Waals surface area contributed by atoms with Crippen molar-refractivity contribution >= 4 is 16.0 Å². The van der Waals surface area contributed by atoms with Crippen molar-refractivity contribution in [2.24, 2.45) is 0 Å². The van der Waals surface area contributed by atoms with Crippen molar-refractivity contribution < 1.29 is 23.1 Å². The summed E-state index contributed by atoms with van der Waals surface area (Å²) in [5.41, 5.74) is 0. The molecule has 1 heterocycles. The fourth-order valence-corrected chi connectivity index (χ4v) is 3.67. The number of carbonyl (C=O) groups is 1. The van der Waals surface area contributed by atoms with E-state index in [2.05, 4.69) is 0 Å². The maximum atomic E-state index is 12.1. The number of piperidine rings is 1. The number of ether oxygens (including phenoxy) is 1. The second-order valence-corrected chi connectivity index (χ2v) is 7.31. The normalized spacial score (nSPS) is 19.1. The predicted octanol–water partition coefficient (Wildman–Crippen LogP) is 1.33. The average Bonchev–Trinajstić information content (AvgIpc) is 2.48. The fraction of sp³-hybridized carbons (Fsp3) is 0.500. The van der Waals surface area contributed by atoms with E-state index >= 15 is 0 Å². The Labute approximate surface area is 124 Å². The average molecular weight is 313 g/mol. The lowest BCUT2D eigenvalue weighted by atomic mass is 10.1. The molecule has 7 heteroatoms. The van der Waals surface area contributed by atoms with E-state index in [1.165, 1.54) is 11.2 Å². The summed E-state index contributed by atoms with van der Waals surface area (Å²) in [6.45, 7) is 1.78. The van der Waals surface area contributed by atoms with Gasteiger partial charge in [0.2, 0.25) is 10.0 Å². The summed E-state index contributed by atoms with van der Waals surface area (Å²) in [6, 6.07) is 9.37. The number of carboxylic acid groups (broad SMARTS) is 1. The zero-order valence-electron chi connectivity index (χ0n) is 11.8. The highest BCUT2D eigenvalue weighted by atomic mass is 32.2. The van der Waals surface area contributed by atoms with Crippen molar-refractivity contribution in [2.45, 2.75) is 31.1 Å². The summed E-state index contributed by atoms with van der Waals surface area (Å²) >= 11 is 0. The van der Waals surface area contributed by atoms with Crippen LogP contribution >= 0.6 is 0 Å². The van der Waals surface area contributed by atoms with Gasteiger partial charge >= 0.3 is 5.97 Å². The summed E-state index contributed by atoms with van der Waals surface area (Å²) < 4.78 is 31.2. The van der Waals surface area contributed by atoms with Gasteiger partial charge in [-0.3, -0.25) is 4.79 Å². The summed E-state index contributed by atoms with van der Waals surface area (Å²) in [5, 5.41) is 7.45. The Morgan fingerprint density at radius 3 is 2.38 bits per heavy atom. The molecule has 116 valence electrons. The van der Waals surface area contributed by atoms with Crippen LogP contribution in [-0.2, 0) is 14.8 Å². The Morgan fingerprint density at radius 2 is 1.86 bits per heavy atom. The van der Waals surface area contributed by atoms with E-state index in [1.807, 2.05) is 30.3 Å². The van der Waals surface area contributed by atoms with Crippen molar-refractivity contribution in [3.8, 4) is 5.75 Å². The van der Waals surface area contributed by atoms with Gasteiger partial charge in [0.15, 0.2) is 5.25 Å². The molecule has 0 aromatic heterocycles. The van der Waals surface area contributed by atoms with Gasteiger partial charge in [0.1, 0.15) is 11.9 Å². The number of sulfonamides is 1. The molecule has 1 aliphatic rings. The van der Waals surface area contributed by atoms with Crippen molar-refractivity contribution in [2.75, 3.05) is 13.1 Å². The Kier molecular flexibility index (Phi) is 4.84. The third kappa shape index (κ3) is 3.74. The van der Waals surface area contributed by atoms with Crippen LogP contribution in [0.15, 0.2) is 30.3 Å². The lowest BCUT2D eigenvalue weighted by Crippen LogP contribution is -2.46. The summed E-state index contributed by atoms with van der Waals surface area (Å²) in [6.07, 6.45) is 1.07. The van der Waals surface area contributed by atoms with E-state index in [1.54, 1.807) is 0 Å². The molecule has 1 aliphatic heterocycles. The quantitative estimate of drug-likeness (QED) is 0.886. The van der Waals surface area contributed by atoms with Gasteiger partial charge in [-0.15, -0.1) is 0 Å². The van der Waals surface area contributed by atoms with Crippen LogP contribution in [0.5, 0.6) is 5.75 Å². The van der Waals surface area contributed by atoms with E-state index in [0.29, 0.717) is 12.8 Å². The zero-order valence-corrected chi connectivity index (χ0v) is 12.6. The van der Waals surface area contributed by atoms with Crippen LogP contribution in [0.25, 0.3) is 0 Å². The minimum atomic E-state index is -3.78. The highest BCUT2D eigenvalue weighted by Crippen LogP contribution is 2.21. The van der Waals surface area contributed by atoms with Gasteiger partial charge in [-0.2, -0.15) is 0 Å². The third-order valence-corrected chi connectivity index (χ3v) is 5.78. The van der Waals surface area contributed by atoms with Crippen LogP contribution in [0, 0.1) is 0 Å². The van der Waals surface area contributed by atoms with Crippen molar-refractivity contribution in [3.05, 3.63) is 30.3 Å². The predicted molar refractivity (Wildman–Crippen MR) is 77.7 cm³/mol. The van der Waals surface area contributed by atoms with E-state index in [-0.39, 0.29) is 19.2 Å². The maximum absolute atomic E-state index is 12.1. The number of carboxylic acids is 1. The first-order valence-corrected chi connectivity index (χ1v) is 8.35. The van der Waals surface area contributed by atoms with Gasteiger partial charge in [-0.25, -0.2) is 12.7 Å². The van der Waals surface area contributed by atoms with Crippen LogP contribution in [0.1, 0.15) is 19.8 Å². The van der Waals surface area contributed by atoms with Crippen molar-refractivity contribution in [1.82, 2.24) is 4.31 Å². The molecule has 2 rings (SSSR count). The van der Waals surface area contributed by atoms with Gasteiger partial charge in [-0.1, -0.05) is 18.2 Å². The number of nitrogens with zero attached hydrogens (tertiary/aromatic N) is 1. The molecule has 1 saturated heterocycles. The molecule has 0 radical (unpaired) electrons. The smallest absolute Gasteiger partial charge is 0.323 e. The zero-order chi connectivity index (χ0) is 15.5. The number of hydrogen-bond donors (Lipinski definition) is 1. The Balaban J connectivity index is 1.93. The third-order valence-electron chi connectivity index (χ3n) is 3.60. The van der Waals surface area contributed by atoms with Crippen LogP contribution in [0.2, 0.25) is 0 Å². The summed E-state index contributed by atoms with van der Waals surface area (Å²) in [4.78, 5) is 10.9. The van der Waals surface area contributed by atoms with Gasteiger partial charge in [0, 0.05) is 13.1 Å². The molecule has 0 spiro atoms. The van der Waals surface area contributed by atoms with E-state index in [4.69, 9.17) is 9.84 Å². The molecule has 0 saturated carbocycles. The lowest BCUT2D eigenvalue weighted by Gasteiger charge is -2.32. The van der Waals surface area contributed by atoms with Gasteiger partial charge in [0.25, 0.3) is 0 Å². The Bertz CT molecular complexity index is 579. The van der Waals surface area contributed by atoms with Crippen LogP contribution in [0.3, 0.4) is 0 Å². The molecule has 1 N–H and O–H groups in total. The molecule has 1 unspecified atom stereocenters. The second kappa shape index (κ2) is 6.44. The summed E-state index contributed by atoms with van der Waals surface area (Å²) in [7, 11) is -3.78. The standard InChI is InChI=1S/C14H19NO5S/c1-11(14(16)17)21(18,19)15-9-7-13(8-10-15)20-12-5-3-2-4-6-12/h2-6,11,13H,7-10H2,1H3,(H,16,17). The molecule has 1 aromatic carbocycles. The van der Waals surface area contributed by atoms with Crippen LogP contribution in [0.4, 0.5) is 0 Å². The molecule has 21 heavy (non-hydrogen) atoms. The molecular formula is C14H19NO5S. The number of aliphatic carboxylic acids is 1. The van der Waals surface area contributed by atoms with Gasteiger partial charge < -0.3 is 9.84 Å². The highest BCUT2D eigenvalue weighted by Gasteiger charge is 2.36. The van der Waals surface area contributed by atoms with Gasteiger partial charge in [0.05, 0.1) is 0 Å². The fourth-order valence-electron chi connectivity index (χ4n) is 2.25. The first kappa shape index (κ1) is 15.8. The molecule has 1 fully saturated rings. The minimum absolute atomic E-state index is 0.0426. The van der Waals surface area contributed by atoms with Crippen molar-refractivity contribution in [1.29, 1.82) is 0 Å². The number of hydrogen-bond acceptors (Lipinski definition) is 4. The molecule has 1 atom stereocenters. The second-order valence-electron chi connectivity index (χ2n) is 5.05. The Hall–Kier alpha value is -1.60. The minimum Gasteiger partial charge on any atom is -0.490 e. The molecular weight excluding hydrogens is 294 g/mol. The monoisotopic (exact) mass is 313 g/mol. The number of para-hydroxylation sites is 1. The highest BCUT2D eigenvalue weighted by molar-refractivity contribution is 7.90. The largest absolute Gasteiger partial charge is 0.490 e. The molecule has 0 bridgehead atoms. The topological polar surface area (TPSA) is 83.9 Å². The molecule has 6 nitrogen and oxygen atoms in total. The van der Waals surface area contributed by atoms with E-state index in [9.17, 15) is 13.2 Å². The Morgan fingerprint density at radius 1 is 1.29 bits per heavy atom. The SMILES string of the molecule is CC(C(=O)O)S(=O)(=O)N1CCC(Oc2ccccc2)CC1. The molecule has 0 aliphatic carbocycles. The van der Waals surface area contributed by atoms with Gasteiger partial charge in [-0.05, 0) is 31.9 Å². The first-order chi connectivity index (χ1) is 9.91. The number of benzene rings is 1. The van der Waals surface area contributed by atoms with E-state index in [0.717, 1.165) is 5.75 Å². The number of rotatable bonds is 5. The van der Waals surface area contributed by atoms with Crippen LogP contribution < -0.4 is 4.74 Å². The molecule has 0 amide bonds. The summed E-state index contributed by atoms with van der Waals surface area (Å²) in [5.74, 6) is -0.560. The van der Waals surface area contributed by atoms with E-state index < -0.39 is 21.2 Å². The lowest BCUT2D eigenvalue weighted by molar-refractivity contribution is -0.136.